The molecule has 0 saturated carbocycles. The SMILES string of the molecule is CCOCCOCCCCOC(=O)C(=O)OCCCCOCCOCC. The summed E-state index contributed by atoms with van der Waals surface area (Å²) in [5.41, 5.74) is 0. The van der Waals surface area contributed by atoms with Crippen molar-refractivity contribution in [3.05, 3.63) is 0 Å². The van der Waals surface area contributed by atoms with Gasteiger partial charge in [-0.25, -0.2) is 9.59 Å². The molecule has 26 heavy (non-hydrogen) atoms. The summed E-state index contributed by atoms with van der Waals surface area (Å²) in [5, 5.41) is 0. The van der Waals surface area contributed by atoms with Crippen molar-refractivity contribution < 1.29 is 38.0 Å². The molecule has 0 aromatic rings. The molecule has 8 nitrogen and oxygen atoms in total. The number of carbonyl (C=O) groups is 2. The highest BCUT2D eigenvalue weighted by atomic mass is 16.6. The first kappa shape index (κ1) is 24.8. The van der Waals surface area contributed by atoms with E-state index in [1.54, 1.807) is 0 Å². The van der Waals surface area contributed by atoms with Crippen molar-refractivity contribution in [1.82, 2.24) is 0 Å². The third-order valence-electron chi connectivity index (χ3n) is 3.15. The highest BCUT2D eigenvalue weighted by molar-refractivity contribution is 6.29. The zero-order chi connectivity index (χ0) is 19.3. The topological polar surface area (TPSA) is 89.5 Å². The molecule has 0 aliphatic carbocycles. The Morgan fingerprint density at radius 1 is 0.500 bits per heavy atom. The third kappa shape index (κ3) is 17.6. The van der Waals surface area contributed by atoms with Gasteiger partial charge in [0.1, 0.15) is 0 Å². The lowest BCUT2D eigenvalue weighted by atomic mass is 10.3. The maximum Gasteiger partial charge on any atom is 0.417 e. The summed E-state index contributed by atoms with van der Waals surface area (Å²) in [6.07, 6.45) is 2.76. The zero-order valence-electron chi connectivity index (χ0n) is 16.2. The minimum atomic E-state index is -0.949. The average Bonchev–Trinajstić information content (AvgIpc) is 2.65. The molecular weight excluding hydrogens is 344 g/mol. The monoisotopic (exact) mass is 378 g/mol. The van der Waals surface area contributed by atoms with Crippen molar-refractivity contribution in [2.24, 2.45) is 0 Å². The fraction of sp³-hybridized carbons (Fsp3) is 0.889. The second-order valence-corrected chi connectivity index (χ2v) is 5.30. The molecule has 0 fully saturated rings. The Bertz CT molecular complexity index is 303. The Morgan fingerprint density at radius 3 is 1.23 bits per heavy atom. The van der Waals surface area contributed by atoms with Gasteiger partial charge in [0.2, 0.25) is 0 Å². The van der Waals surface area contributed by atoms with Crippen LogP contribution in [0.15, 0.2) is 0 Å². The third-order valence-corrected chi connectivity index (χ3v) is 3.15. The predicted molar refractivity (Wildman–Crippen MR) is 95.0 cm³/mol. The van der Waals surface area contributed by atoms with Crippen LogP contribution in [0.3, 0.4) is 0 Å². The molecule has 0 spiro atoms. The Hall–Kier alpha value is -1.22. The van der Waals surface area contributed by atoms with E-state index in [1.165, 1.54) is 0 Å². The average molecular weight is 378 g/mol. The van der Waals surface area contributed by atoms with Crippen LogP contribution in [0, 0.1) is 0 Å². The van der Waals surface area contributed by atoms with Crippen LogP contribution in [0.1, 0.15) is 39.5 Å². The van der Waals surface area contributed by atoms with Crippen molar-refractivity contribution in [2.75, 3.05) is 66.1 Å². The number of rotatable bonds is 18. The largest absolute Gasteiger partial charge is 0.457 e. The molecular formula is C18H34O8. The zero-order valence-corrected chi connectivity index (χ0v) is 16.2. The van der Waals surface area contributed by atoms with Gasteiger partial charge in [-0.2, -0.15) is 0 Å². The summed E-state index contributed by atoms with van der Waals surface area (Å²) in [5.74, 6) is -1.90. The molecule has 0 radical (unpaired) electrons. The quantitative estimate of drug-likeness (QED) is 0.202. The lowest BCUT2D eigenvalue weighted by molar-refractivity contribution is -0.167. The van der Waals surface area contributed by atoms with Crippen LogP contribution in [-0.4, -0.2) is 78.0 Å². The highest BCUT2D eigenvalue weighted by Crippen LogP contribution is 1.96. The number of esters is 2. The summed E-state index contributed by atoms with van der Waals surface area (Å²) in [7, 11) is 0. The molecule has 0 atom stereocenters. The van der Waals surface area contributed by atoms with Crippen LogP contribution in [0.4, 0.5) is 0 Å². The van der Waals surface area contributed by atoms with E-state index in [2.05, 4.69) is 0 Å². The first-order valence-corrected chi connectivity index (χ1v) is 9.37. The van der Waals surface area contributed by atoms with Crippen molar-refractivity contribution in [2.45, 2.75) is 39.5 Å². The Balaban J connectivity index is 3.34. The van der Waals surface area contributed by atoms with Gasteiger partial charge in [-0.05, 0) is 39.5 Å². The molecule has 0 bridgehead atoms. The molecule has 8 heteroatoms. The summed E-state index contributed by atoms with van der Waals surface area (Å²) < 4.78 is 30.6. The van der Waals surface area contributed by atoms with Crippen LogP contribution in [0.25, 0.3) is 0 Å². The fourth-order valence-corrected chi connectivity index (χ4v) is 1.79. The minimum Gasteiger partial charge on any atom is -0.457 e. The van der Waals surface area contributed by atoms with Crippen molar-refractivity contribution >= 4 is 11.9 Å². The van der Waals surface area contributed by atoms with E-state index < -0.39 is 11.9 Å². The van der Waals surface area contributed by atoms with Crippen LogP contribution < -0.4 is 0 Å². The van der Waals surface area contributed by atoms with Crippen LogP contribution in [0.5, 0.6) is 0 Å². The number of hydrogen-bond acceptors (Lipinski definition) is 8. The lowest BCUT2D eigenvalue weighted by Crippen LogP contribution is -2.21. The van der Waals surface area contributed by atoms with Gasteiger partial charge in [0.05, 0.1) is 39.6 Å². The first-order chi connectivity index (χ1) is 12.7. The first-order valence-electron chi connectivity index (χ1n) is 9.37. The second kappa shape index (κ2) is 20.1. The van der Waals surface area contributed by atoms with Gasteiger partial charge in [0.25, 0.3) is 0 Å². The molecule has 0 heterocycles. The maximum atomic E-state index is 11.4. The van der Waals surface area contributed by atoms with E-state index in [4.69, 9.17) is 28.4 Å². The molecule has 0 saturated heterocycles. The normalized spacial score (nSPS) is 10.7. The fourth-order valence-electron chi connectivity index (χ4n) is 1.79. The molecule has 0 aromatic carbocycles. The Morgan fingerprint density at radius 2 is 0.846 bits per heavy atom. The molecule has 0 unspecified atom stereocenters. The van der Waals surface area contributed by atoms with E-state index in [0.29, 0.717) is 65.7 Å². The maximum absolute atomic E-state index is 11.4. The van der Waals surface area contributed by atoms with Gasteiger partial charge in [-0.15, -0.1) is 0 Å². The predicted octanol–water partition coefficient (Wildman–Crippen LogP) is 1.74. The molecule has 0 aromatic heterocycles. The van der Waals surface area contributed by atoms with Gasteiger partial charge in [-0.3, -0.25) is 0 Å². The standard InChI is InChI=1S/C18H34O8/c1-3-21-13-15-23-9-5-7-11-25-17(19)18(20)26-12-8-6-10-24-16-14-22-4-2/h3-16H2,1-2H3. The van der Waals surface area contributed by atoms with Crippen molar-refractivity contribution in [3.8, 4) is 0 Å². The Kier molecular flexibility index (Phi) is 19.2. The van der Waals surface area contributed by atoms with Crippen LogP contribution in [0.2, 0.25) is 0 Å². The van der Waals surface area contributed by atoms with Crippen LogP contribution in [-0.2, 0) is 38.0 Å². The summed E-state index contributed by atoms with van der Waals surface area (Å²) in [6.45, 7) is 8.98. The molecule has 0 rings (SSSR count). The number of carbonyl (C=O) groups excluding carboxylic acids is 2. The summed E-state index contributed by atoms with van der Waals surface area (Å²) in [6, 6.07) is 0. The molecule has 154 valence electrons. The molecule has 0 N–H and O–H groups in total. The Labute approximate surface area is 156 Å². The lowest BCUT2D eigenvalue weighted by Gasteiger charge is -2.07. The van der Waals surface area contributed by atoms with Gasteiger partial charge in [-0.1, -0.05) is 0 Å². The van der Waals surface area contributed by atoms with E-state index in [-0.39, 0.29) is 13.2 Å². The number of ether oxygens (including phenoxy) is 6. The molecule has 0 amide bonds. The van der Waals surface area contributed by atoms with E-state index in [9.17, 15) is 9.59 Å². The van der Waals surface area contributed by atoms with E-state index in [0.717, 1.165) is 12.8 Å². The van der Waals surface area contributed by atoms with Crippen molar-refractivity contribution in [1.29, 1.82) is 0 Å². The van der Waals surface area contributed by atoms with Gasteiger partial charge < -0.3 is 28.4 Å². The summed E-state index contributed by atoms with van der Waals surface area (Å²) >= 11 is 0. The number of unbranched alkanes of at least 4 members (excludes halogenated alkanes) is 2. The highest BCUT2D eigenvalue weighted by Gasteiger charge is 2.16. The van der Waals surface area contributed by atoms with Gasteiger partial charge >= 0.3 is 11.9 Å². The van der Waals surface area contributed by atoms with Crippen molar-refractivity contribution in [3.63, 3.8) is 0 Å². The van der Waals surface area contributed by atoms with E-state index >= 15 is 0 Å². The van der Waals surface area contributed by atoms with Gasteiger partial charge in [0, 0.05) is 26.4 Å². The summed E-state index contributed by atoms with van der Waals surface area (Å²) in [4.78, 5) is 22.9. The van der Waals surface area contributed by atoms with Gasteiger partial charge in [0.15, 0.2) is 0 Å². The molecule has 0 aliphatic rings. The molecule has 0 aliphatic heterocycles. The number of hydrogen-bond donors (Lipinski definition) is 0. The minimum absolute atomic E-state index is 0.177. The van der Waals surface area contributed by atoms with E-state index in [1.807, 2.05) is 13.8 Å². The van der Waals surface area contributed by atoms with Crippen LogP contribution >= 0.6 is 0 Å². The second-order valence-electron chi connectivity index (χ2n) is 5.30. The smallest absolute Gasteiger partial charge is 0.417 e.